The molecule has 0 fully saturated rings. The maximum Gasteiger partial charge on any atom is -0.0411 e. The molecule has 0 aliphatic carbocycles. The Bertz CT molecular complexity index is 75.1. The molecule has 0 saturated heterocycles. The van der Waals surface area contributed by atoms with Crippen LogP contribution in [0, 0.1) is 16.2 Å². The van der Waals surface area contributed by atoms with Crippen LogP contribution in [-0.4, -0.2) is 0 Å². The Morgan fingerprint density at radius 2 is 0.200 bits per heavy atom. The van der Waals surface area contributed by atoms with Crippen molar-refractivity contribution in [2.45, 2.75) is 152 Å². The van der Waals surface area contributed by atoms with E-state index in [1.807, 2.05) is 69.2 Å². The topological polar surface area (TPSA) is 0 Å². The van der Waals surface area contributed by atoms with Gasteiger partial charge < -0.3 is 0 Å². The van der Waals surface area contributed by atoms with Gasteiger partial charge in [-0.1, -0.05) is 152 Å². The highest BCUT2D eigenvalue weighted by Gasteiger charge is 1.96. The lowest BCUT2D eigenvalue weighted by Crippen LogP contribution is -1.93. The van der Waals surface area contributed by atoms with E-state index >= 15 is 0 Å². The fraction of sp³-hybridized carbons (Fsp3) is 1.00. The van der Waals surface area contributed by atoms with E-state index in [0.29, 0.717) is 16.2 Å². The van der Waals surface area contributed by atoms with Crippen molar-refractivity contribution in [3.63, 3.8) is 0 Å². The van der Waals surface area contributed by atoms with Crippen molar-refractivity contribution < 1.29 is 0 Å². The normalized spacial score (nSPS) is 8.40. The molecule has 0 aliphatic heterocycles. The molecule has 0 spiro atoms. The maximum atomic E-state index is 2.19. The Morgan fingerprint density at radius 3 is 0.200 bits per heavy atom. The van der Waals surface area contributed by atoms with Gasteiger partial charge in [0, 0.05) is 0 Å². The van der Waals surface area contributed by atoms with Crippen LogP contribution in [-0.2, 0) is 0 Å². The van der Waals surface area contributed by atoms with Gasteiger partial charge in [-0.2, -0.15) is 0 Å². The Morgan fingerprint density at radius 1 is 0.200 bits per heavy atom. The van der Waals surface area contributed by atoms with Crippen molar-refractivity contribution in [3.05, 3.63) is 0 Å². The zero-order valence-electron chi connectivity index (χ0n) is 23.5. The fourth-order valence-corrected chi connectivity index (χ4v) is 0. The molecule has 0 bridgehead atoms. The quantitative estimate of drug-likeness (QED) is 0.399. The molecule has 0 unspecified atom stereocenters. The lowest BCUT2D eigenvalue weighted by molar-refractivity contribution is 0.469. The van der Waals surface area contributed by atoms with Gasteiger partial charge in [-0.3, -0.25) is 0 Å². The summed E-state index contributed by atoms with van der Waals surface area (Å²) in [6.45, 7) is 46.2. The van der Waals surface area contributed by atoms with Gasteiger partial charge in [-0.15, -0.1) is 0 Å². The smallest absolute Gasteiger partial charge is 0.0411 e. The monoisotopic (exact) mass is 367 g/mol. The molecule has 0 radical (unpaired) electrons. The van der Waals surface area contributed by atoms with Crippen LogP contribution in [0.2, 0.25) is 0 Å². The average Bonchev–Trinajstić information content (AvgIpc) is 2.44. The molecule has 0 aromatic rings. The predicted octanol–water partition coefficient (Wildman–Crippen LogP) is 11.3. The molecule has 166 valence electrons. The lowest BCUT2D eigenvalue weighted by Gasteiger charge is -2.05. The number of hydrogen-bond acceptors (Lipinski definition) is 0. The second-order valence-electron chi connectivity index (χ2n) is 9.00. The summed E-state index contributed by atoms with van der Waals surface area (Å²) >= 11 is 0. The Labute approximate surface area is 169 Å². The third-order valence-corrected chi connectivity index (χ3v) is 0. The molecule has 0 aromatic carbocycles. The number of hydrogen-bond donors (Lipinski definition) is 0. The molecular formula is C25H66. The summed E-state index contributed by atoms with van der Waals surface area (Å²) < 4.78 is 0. The molecule has 0 atom stereocenters. The zero-order chi connectivity index (χ0) is 23.5. The fourth-order valence-electron chi connectivity index (χ4n) is 0. The van der Waals surface area contributed by atoms with Crippen molar-refractivity contribution in [1.29, 1.82) is 0 Å². The number of rotatable bonds is 0. The molecule has 0 aromatic heterocycles. The molecule has 0 saturated carbocycles. The first-order valence-corrected chi connectivity index (χ1v) is 11.0. The van der Waals surface area contributed by atoms with E-state index in [4.69, 9.17) is 0 Å². The van der Waals surface area contributed by atoms with Crippen molar-refractivity contribution in [2.24, 2.45) is 16.2 Å². The first kappa shape index (κ1) is 49.8. The highest BCUT2D eigenvalue weighted by Crippen LogP contribution is 2.08. The van der Waals surface area contributed by atoms with Gasteiger partial charge in [-0.05, 0) is 16.2 Å². The molecule has 0 heterocycles. The summed E-state index contributed by atoms with van der Waals surface area (Å²) in [7, 11) is 0. The van der Waals surface area contributed by atoms with E-state index < -0.39 is 0 Å². The van der Waals surface area contributed by atoms with Crippen molar-refractivity contribution in [1.82, 2.24) is 0 Å². The third kappa shape index (κ3) is 0. The zero-order valence-corrected chi connectivity index (χ0v) is 23.5. The van der Waals surface area contributed by atoms with Crippen molar-refractivity contribution in [2.75, 3.05) is 0 Å². The van der Waals surface area contributed by atoms with Gasteiger partial charge >= 0.3 is 0 Å². The average molecular weight is 367 g/mol. The van der Waals surface area contributed by atoms with Gasteiger partial charge in [0.05, 0.1) is 0 Å². The van der Waals surface area contributed by atoms with Crippen LogP contribution in [0.5, 0.6) is 0 Å². The van der Waals surface area contributed by atoms with Crippen molar-refractivity contribution in [3.8, 4) is 0 Å². The summed E-state index contributed by atoms with van der Waals surface area (Å²) in [6.07, 6.45) is 0. The Balaban J connectivity index is -0.0000000232. The molecule has 25 heavy (non-hydrogen) atoms. The van der Waals surface area contributed by atoms with E-state index in [0.717, 1.165) is 0 Å². The minimum Gasteiger partial charge on any atom is -0.0683 e. The molecule has 0 heteroatoms. The predicted molar refractivity (Wildman–Crippen MR) is 132 cm³/mol. The molecule has 0 aliphatic rings. The van der Waals surface area contributed by atoms with Crippen LogP contribution >= 0.6 is 0 Å². The highest BCUT2D eigenvalue weighted by molar-refractivity contribution is 4.48. The second-order valence-corrected chi connectivity index (χ2v) is 9.00. The van der Waals surface area contributed by atoms with E-state index in [1.54, 1.807) is 0 Å². The van der Waals surface area contributed by atoms with Gasteiger partial charge in [0.2, 0.25) is 0 Å². The van der Waals surface area contributed by atoms with E-state index in [-0.39, 0.29) is 0 Å². The summed E-state index contributed by atoms with van der Waals surface area (Å²) in [6, 6.07) is 0. The van der Waals surface area contributed by atoms with Crippen LogP contribution in [0.25, 0.3) is 0 Å². The minimum absolute atomic E-state index is 0.500. The largest absolute Gasteiger partial charge is 0.0683 e. The molecule has 0 nitrogen and oxygen atoms in total. The summed E-state index contributed by atoms with van der Waals surface area (Å²) in [4.78, 5) is 0. The van der Waals surface area contributed by atoms with Crippen LogP contribution < -0.4 is 0 Å². The molecule has 0 amide bonds. The van der Waals surface area contributed by atoms with E-state index in [9.17, 15) is 0 Å². The van der Waals surface area contributed by atoms with E-state index in [2.05, 4.69) is 83.1 Å². The van der Waals surface area contributed by atoms with Crippen LogP contribution in [0.15, 0.2) is 0 Å². The lowest BCUT2D eigenvalue weighted by atomic mass is 10.0. The first-order chi connectivity index (χ1) is 11.0. The standard InChI is InChI=1S/3C5H12.5C2H6/c3*1-5(2,3)4;5*1-2/h3*1-4H3;5*1-2H3. The summed E-state index contributed by atoms with van der Waals surface area (Å²) in [5.41, 5.74) is 1.50. The highest BCUT2D eigenvalue weighted by atomic mass is 14.0. The second kappa shape index (κ2) is 39.2. The summed E-state index contributed by atoms with van der Waals surface area (Å²) in [5.74, 6) is 0. The van der Waals surface area contributed by atoms with Gasteiger partial charge in [0.25, 0.3) is 0 Å². The van der Waals surface area contributed by atoms with Crippen LogP contribution in [0.1, 0.15) is 152 Å². The van der Waals surface area contributed by atoms with E-state index in [1.165, 1.54) is 0 Å². The van der Waals surface area contributed by atoms with Crippen molar-refractivity contribution >= 4 is 0 Å². The Hall–Kier alpha value is 0. The summed E-state index contributed by atoms with van der Waals surface area (Å²) in [5, 5.41) is 0. The third-order valence-electron chi connectivity index (χ3n) is 0. The van der Waals surface area contributed by atoms with Gasteiger partial charge in [0.15, 0.2) is 0 Å². The van der Waals surface area contributed by atoms with Gasteiger partial charge in [0.1, 0.15) is 0 Å². The van der Waals surface area contributed by atoms with Gasteiger partial charge in [-0.25, -0.2) is 0 Å². The molecule has 0 N–H and O–H groups in total. The minimum atomic E-state index is 0.500. The van der Waals surface area contributed by atoms with Crippen LogP contribution in [0.4, 0.5) is 0 Å². The molecule has 0 rings (SSSR count). The Kier molecular flexibility index (Phi) is 78.1. The SMILES string of the molecule is CC.CC.CC.CC.CC.CC(C)(C)C.CC(C)(C)C.CC(C)(C)C. The first-order valence-electron chi connectivity index (χ1n) is 11.0. The van der Waals surface area contributed by atoms with Crippen LogP contribution in [0.3, 0.4) is 0 Å². The maximum absolute atomic E-state index is 2.19. The molecular weight excluding hydrogens is 300 g/mol.